The van der Waals surface area contributed by atoms with Crippen LogP contribution in [0.1, 0.15) is 98.7 Å². The molecule has 0 aliphatic rings. The van der Waals surface area contributed by atoms with Crippen molar-refractivity contribution in [2.24, 2.45) is 5.92 Å². The maximum atomic E-state index is 8.91. The molecule has 1 nitrogen and oxygen atoms in total. The molecular formula is C17H37NaO. The zero-order valence-electron chi connectivity index (χ0n) is 14.9. The van der Waals surface area contributed by atoms with Crippen molar-refractivity contribution in [1.82, 2.24) is 0 Å². The van der Waals surface area contributed by atoms with Crippen molar-refractivity contribution in [2.75, 3.05) is 6.61 Å². The molecule has 1 N–H and O–H groups in total. The van der Waals surface area contributed by atoms with Crippen molar-refractivity contribution in [3.05, 3.63) is 0 Å². The van der Waals surface area contributed by atoms with Gasteiger partial charge in [-0.25, -0.2) is 0 Å². The molecule has 0 aromatic carbocycles. The maximum Gasteiger partial charge on any atom is 1.00 e. The Kier molecular flexibility index (Phi) is 22.2. The Bertz CT molecular complexity index is 156. The fourth-order valence-corrected chi connectivity index (χ4v) is 2.43. The van der Waals surface area contributed by atoms with Gasteiger partial charge in [0.15, 0.2) is 0 Å². The fourth-order valence-electron chi connectivity index (χ4n) is 2.43. The summed E-state index contributed by atoms with van der Waals surface area (Å²) in [5, 5.41) is 8.91. The Balaban J connectivity index is -0.00000144. The van der Waals surface area contributed by atoms with E-state index in [2.05, 4.69) is 13.8 Å². The summed E-state index contributed by atoms with van der Waals surface area (Å²) in [6, 6.07) is 0. The third kappa shape index (κ3) is 19.0. The van der Waals surface area contributed by atoms with Gasteiger partial charge in [-0.2, -0.15) is 0 Å². The van der Waals surface area contributed by atoms with Gasteiger partial charge in [0, 0.05) is 6.61 Å². The minimum absolute atomic E-state index is 0. The normalized spacial score (nSPS) is 12.2. The van der Waals surface area contributed by atoms with E-state index in [4.69, 9.17) is 5.11 Å². The Labute approximate surface area is 145 Å². The minimum atomic E-state index is 0. The van der Waals surface area contributed by atoms with Crippen LogP contribution in [-0.4, -0.2) is 11.7 Å². The van der Waals surface area contributed by atoms with Crippen molar-refractivity contribution in [3.63, 3.8) is 0 Å². The monoisotopic (exact) mass is 280 g/mol. The Morgan fingerprint density at radius 3 is 1.47 bits per heavy atom. The van der Waals surface area contributed by atoms with Gasteiger partial charge in [0.25, 0.3) is 0 Å². The van der Waals surface area contributed by atoms with Crippen molar-refractivity contribution in [3.8, 4) is 0 Å². The molecule has 0 rings (SSSR count). The molecule has 0 bridgehead atoms. The average Bonchev–Trinajstić information content (AvgIpc) is 2.39. The van der Waals surface area contributed by atoms with Gasteiger partial charge in [-0.05, 0) is 12.3 Å². The van der Waals surface area contributed by atoms with Gasteiger partial charge < -0.3 is 6.53 Å². The molecule has 0 amide bonds. The van der Waals surface area contributed by atoms with Crippen molar-refractivity contribution in [2.45, 2.75) is 97.3 Å². The topological polar surface area (TPSA) is 20.2 Å². The van der Waals surface area contributed by atoms with E-state index >= 15 is 0 Å². The van der Waals surface area contributed by atoms with E-state index in [-0.39, 0.29) is 31.0 Å². The van der Waals surface area contributed by atoms with Gasteiger partial charge in [0.1, 0.15) is 0 Å². The Hall–Kier alpha value is 0.960. The smallest absolute Gasteiger partial charge is 1.00 e. The molecule has 0 aliphatic carbocycles. The zero-order chi connectivity index (χ0) is 13.5. The summed E-state index contributed by atoms with van der Waals surface area (Å²) < 4.78 is 0. The first-order valence-corrected chi connectivity index (χ1v) is 8.42. The van der Waals surface area contributed by atoms with Crippen LogP contribution in [0.15, 0.2) is 0 Å². The van der Waals surface area contributed by atoms with E-state index in [0.717, 1.165) is 0 Å². The molecule has 0 heterocycles. The summed E-state index contributed by atoms with van der Waals surface area (Å²) in [7, 11) is 0. The summed E-state index contributed by atoms with van der Waals surface area (Å²) >= 11 is 0. The van der Waals surface area contributed by atoms with Crippen LogP contribution in [0.5, 0.6) is 0 Å². The molecule has 0 saturated heterocycles. The number of hydrogen-bond acceptors (Lipinski definition) is 1. The average molecular weight is 280 g/mol. The van der Waals surface area contributed by atoms with Crippen LogP contribution < -0.4 is 29.6 Å². The molecule has 1 unspecified atom stereocenters. The standard InChI is InChI=1S/C17H36O.Na.H/c1-3-4-5-6-7-8-9-10-11-12-13-14-15-17(2)16-18;;/h17-18H,3-16H2,1-2H3;;/q;+1;-1. The predicted octanol–water partition coefficient (Wildman–Crippen LogP) is 2.82. The molecule has 1 atom stereocenters. The predicted molar refractivity (Wildman–Crippen MR) is 83.1 cm³/mol. The number of rotatable bonds is 14. The van der Waals surface area contributed by atoms with Crippen LogP contribution in [0.4, 0.5) is 0 Å². The third-order valence-electron chi connectivity index (χ3n) is 3.86. The third-order valence-corrected chi connectivity index (χ3v) is 3.86. The molecule has 0 spiro atoms. The van der Waals surface area contributed by atoms with E-state index in [1.807, 2.05) is 0 Å². The van der Waals surface area contributed by atoms with Gasteiger partial charge in [0.2, 0.25) is 0 Å². The first kappa shape index (κ1) is 22.2. The summed E-state index contributed by atoms with van der Waals surface area (Å²) in [6.45, 7) is 4.78. The summed E-state index contributed by atoms with van der Waals surface area (Å²) in [6.07, 6.45) is 18.1. The van der Waals surface area contributed by atoms with Crippen LogP contribution >= 0.6 is 0 Å². The zero-order valence-corrected chi connectivity index (χ0v) is 15.9. The molecular weight excluding hydrogens is 243 g/mol. The molecule has 0 fully saturated rings. The van der Waals surface area contributed by atoms with E-state index in [1.54, 1.807) is 0 Å². The molecule has 112 valence electrons. The van der Waals surface area contributed by atoms with Crippen LogP contribution in [-0.2, 0) is 0 Å². The molecule has 0 saturated carbocycles. The summed E-state index contributed by atoms with van der Waals surface area (Å²) in [5.74, 6) is 0.508. The van der Waals surface area contributed by atoms with E-state index in [1.165, 1.54) is 83.5 Å². The van der Waals surface area contributed by atoms with E-state index in [9.17, 15) is 0 Å². The second-order valence-electron chi connectivity index (χ2n) is 5.97. The molecule has 0 aromatic heterocycles. The van der Waals surface area contributed by atoms with Crippen molar-refractivity contribution < 1.29 is 36.1 Å². The molecule has 2 heteroatoms. The second-order valence-corrected chi connectivity index (χ2v) is 5.97. The van der Waals surface area contributed by atoms with Crippen LogP contribution in [0.3, 0.4) is 0 Å². The Morgan fingerprint density at radius 2 is 1.11 bits per heavy atom. The first-order valence-electron chi connectivity index (χ1n) is 8.42. The molecule has 0 aromatic rings. The van der Waals surface area contributed by atoms with Crippen molar-refractivity contribution in [1.29, 1.82) is 0 Å². The van der Waals surface area contributed by atoms with E-state index in [0.29, 0.717) is 12.5 Å². The number of hydrogen-bond donors (Lipinski definition) is 1. The summed E-state index contributed by atoms with van der Waals surface area (Å²) in [4.78, 5) is 0. The molecule has 19 heavy (non-hydrogen) atoms. The largest absolute Gasteiger partial charge is 1.00 e. The minimum Gasteiger partial charge on any atom is -1.00 e. The fraction of sp³-hybridized carbons (Fsp3) is 1.00. The maximum absolute atomic E-state index is 8.91. The number of unbranched alkanes of at least 4 members (excludes halogenated alkanes) is 11. The van der Waals surface area contributed by atoms with E-state index < -0.39 is 0 Å². The van der Waals surface area contributed by atoms with Crippen LogP contribution in [0.25, 0.3) is 0 Å². The SMILES string of the molecule is CCCCCCCCCCCCCCC(C)CO.[H-].[Na+]. The van der Waals surface area contributed by atoms with Gasteiger partial charge in [0.05, 0.1) is 0 Å². The Morgan fingerprint density at radius 1 is 0.737 bits per heavy atom. The first-order chi connectivity index (χ1) is 8.81. The molecule has 0 aliphatic heterocycles. The van der Waals surface area contributed by atoms with Gasteiger partial charge in [-0.15, -0.1) is 0 Å². The van der Waals surface area contributed by atoms with Crippen LogP contribution in [0.2, 0.25) is 0 Å². The number of aliphatic hydroxyl groups is 1. The molecule has 0 radical (unpaired) electrons. The van der Waals surface area contributed by atoms with Crippen molar-refractivity contribution >= 4 is 0 Å². The van der Waals surface area contributed by atoms with Crippen LogP contribution in [0, 0.1) is 5.92 Å². The second kappa shape index (κ2) is 19.0. The quantitative estimate of drug-likeness (QED) is 0.383. The van der Waals surface area contributed by atoms with Gasteiger partial charge in [-0.1, -0.05) is 90.9 Å². The summed E-state index contributed by atoms with van der Waals surface area (Å²) in [5.41, 5.74) is 0. The van der Waals surface area contributed by atoms with Gasteiger partial charge >= 0.3 is 29.6 Å². The van der Waals surface area contributed by atoms with Gasteiger partial charge in [-0.3, -0.25) is 0 Å². The number of aliphatic hydroxyl groups excluding tert-OH is 1.